The Morgan fingerprint density at radius 1 is 1.60 bits per heavy atom. The Morgan fingerprint density at radius 2 is 2.20 bits per heavy atom. The van der Waals surface area contributed by atoms with Gasteiger partial charge >= 0.3 is 0 Å². The van der Waals surface area contributed by atoms with E-state index in [1.807, 2.05) is 0 Å². The fraction of sp³-hybridized carbons (Fsp3) is 0.333. The minimum absolute atomic E-state index is 0.181. The Hall–Kier alpha value is -0.140. The van der Waals surface area contributed by atoms with Crippen molar-refractivity contribution < 1.29 is 8.78 Å². The van der Waals surface area contributed by atoms with Gasteiger partial charge in [-0.1, -0.05) is 0 Å². The van der Waals surface area contributed by atoms with Crippen LogP contribution in [0.2, 0.25) is 0 Å². The molecule has 0 spiro atoms. The molecule has 0 aliphatic rings. The molecular formula is C3H4F2. The molecule has 0 aliphatic carbocycles. The van der Waals surface area contributed by atoms with E-state index in [2.05, 4.69) is 0 Å². The quantitative estimate of drug-likeness (QED) is 0.467. The molecule has 0 saturated heterocycles. The first-order chi connectivity index (χ1) is 2.41. The van der Waals surface area contributed by atoms with Crippen LogP contribution in [0.3, 0.4) is 0 Å². The highest BCUT2D eigenvalue weighted by Gasteiger charge is 1.77. The van der Waals surface area contributed by atoms with E-state index in [9.17, 15) is 8.78 Å². The summed E-state index contributed by atoms with van der Waals surface area (Å²) in [6.45, 7) is -0.531. The number of hydrogen-bond acceptors (Lipinski definition) is 0. The summed E-state index contributed by atoms with van der Waals surface area (Å²) < 4.78 is 21.2. The average molecular weight is 78.1 g/mol. The van der Waals surface area contributed by atoms with Crippen molar-refractivity contribution in [2.45, 2.75) is 0 Å². The molecule has 0 aromatic carbocycles. The van der Waals surface area contributed by atoms with Gasteiger partial charge in [-0.2, -0.15) is 0 Å². The molecule has 0 rings (SSSR count). The minimum Gasteiger partial charge on any atom is -0.251 e. The first-order valence-electron chi connectivity index (χ1n) is 1.23. The summed E-state index contributed by atoms with van der Waals surface area (Å²) in [5.41, 5.74) is 0. The highest BCUT2D eigenvalue weighted by atomic mass is 19.1. The lowest BCUT2D eigenvalue weighted by atomic mass is 10.5. The number of hydrogen-bond donors (Lipinski definition) is 0. The van der Waals surface area contributed by atoms with E-state index in [0.29, 0.717) is 0 Å². The summed E-state index contributed by atoms with van der Waals surface area (Å²) in [6.07, 6.45) is 0.792. The molecule has 0 atom stereocenters. The highest BCUT2D eigenvalue weighted by molar-refractivity contribution is 4.70. The van der Waals surface area contributed by atoms with Gasteiger partial charge in [0.1, 0.15) is 6.67 Å². The highest BCUT2D eigenvalue weighted by Crippen LogP contribution is 1.82. The number of alkyl halides is 1. The summed E-state index contributed by atoms with van der Waals surface area (Å²) in [5.74, 6) is 0. The first-order valence-corrected chi connectivity index (χ1v) is 1.23. The molecule has 0 unspecified atom stereocenters. The molecule has 2 heteroatoms. The molecule has 2 radical (unpaired) electrons. The van der Waals surface area contributed by atoms with E-state index < -0.39 is 6.67 Å². The summed E-state index contributed by atoms with van der Waals surface area (Å²) >= 11 is 0. The van der Waals surface area contributed by atoms with Gasteiger partial charge in [-0.05, 0) is 0 Å². The summed E-state index contributed by atoms with van der Waals surface area (Å²) in [4.78, 5) is 0. The molecular weight excluding hydrogens is 74.0 g/mol. The largest absolute Gasteiger partial charge is 0.251 e. The van der Waals surface area contributed by atoms with Gasteiger partial charge in [0.2, 0.25) is 0 Å². The van der Waals surface area contributed by atoms with Gasteiger partial charge in [0.15, 0.2) is 0 Å². The summed E-state index contributed by atoms with van der Waals surface area (Å²) in [5, 5.41) is 0. The third-order valence-electron chi connectivity index (χ3n) is 0.178. The SMILES string of the molecule is F[CH][CH]CF. The van der Waals surface area contributed by atoms with Gasteiger partial charge in [-0.3, -0.25) is 4.39 Å². The third-order valence-corrected chi connectivity index (χ3v) is 0.178. The third kappa shape index (κ3) is 3.86. The van der Waals surface area contributed by atoms with E-state index in [-0.39, 0.29) is 6.67 Å². The van der Waals surface area contributed by atoms with E-state index in [1.165, 1.54) is 0 Å². The predicted octanol–water partition coefficient (Wildman–Crippen LogP) is 1.29. The Bertz CT molecular complexity index is 12.4. The van der Waals surface area contributed by atoms with Crippen LogP contribution in [0.5, 0.6) is 0 Å². The van der Waals surface area contributed by atoms with Crippen LogP contribution in [0.25, 0.3) is 0 Å². The molecule has 0 fully saturated rings. The molecule has 0 saturated carbocycles. The molecule has 0 amide bonds. The Kier molecular flexibility index (Phi) is 3.75. The Balaban J connectivity index is 2.19. The maximum absolute atomic E-state index is 10.7. The second-order valence-corrected chi connectivity index (χ2v) is 0.516. The Morgan fingerprint density at radius 3 is 2.20 bits per heavy atom. The van der Waals surface area contributed by atoms with Crippen LogP contribution < -0.4 is 0 Å². The Labute approximate surface area is 29.8 Å². The lowest BCUT2D eigenvalue weighted by Crippen LogP contribution is -1.68. The maximum Gasteiger partial charge on any atom is 0.137 e. The molecule has 0 bridgehead atoms. The molecule has 0 aromatic heterocycles. The standard InChI is InChI=1S/C3H4F2/c4-2-1-3-5/h1-2H,3H2. The number of halogens is 2. The maximum atomic E-state index is 10.7. The van der Waals surface area contributed by atoms with Gasteiger partial charge in [-0.25, -0.2) is 4.39 Å². The normalized spacial score (nSPS) is 8.40. The zero-order valence-corrected chi connectivity index (χ0v) is 2.62. The minimum atomic E-state index is -0.712. The van der Waals surface area contributed by atoms with E-state index in [4.69, 9.17) is 0 Å². The van der Waals surface area contributed by atoms with Crippen LogP contribution in [0.1, 0.15) is 0 Å². The lowest BCUT2D eigenvalue weighted by Gasteiger charge is -1.71. The fourth-order valence-electron chi connectivity index (χ4n) is 0.0337. The molecule has 0 nitrogen and oxygen atoms in total. The molecule has 0 aromatic rings. The predicted molar refractivity (Wildman–Crippen MR) is 15.7 cm³/mol. The van der Waals surface area contributed by atoms with Crippen molar-refractivity contribution in [3.8, 4) is 0 Å². The van der Waals surface area contributed by atoms with Crippen molar-refractivity contribution in [2.24, 2.45) is 0 Å². The van der Waals surface area contributed by atoms with Crippen LogP contribution in [-0.4, -0.2) is 6.67 Å². The second kappa shape index (κ2) is 3.86. The van der Waals surface area contributed by atoms with Crippen LogP contribution in [0.15, 0.2) is 0 Å². The van der Waals surface area contributed by atoms with Crippen LogP contribution >= 0.6 is 0 Å². The van der Waals surface area contributed by atoms with E-state index in [1.54, 1.807) is 0 Å². The van der Waals surface area contributed by atoms with Gasteiger partial charge < -0.3 is 0 Å². The average Bonchev–Trinajstić information content (AvgIpc) is 1.41. The van der Waals surface area contributed by atoms with Gasteiger partial charge in [-0.15, -0.1) is 0 Å². The lowest BCUT2D eigenvalue weighted by molar-refractivity contribution is 0.513. The van der Waals surface area contributed by atoms with Crippen molar-refractivity contribution in [1.82, 2.24) is 0 Å². The van der Waals surface area contributed by atoms with Crippen molar-refractivity contribution in [3.05, 3.63) is 13.1 Å². The molecule has 0 aliphatic heterocycles. The first kappa shape index (κ1) is 4.86. The van der Waals surface area contributed by atoms with Crippen molar-refractivity contribution in [3.63, 3.8) is 0 Å². The van der Waals surface area contributed by atoms with E-state index in [0.717, 1.165) is 6.42 Å². The van der Waals surface area contributed by atoms with Gasteiger partial charge in [0, 0.05) is 6.42 Å². The zero-order chi connectivity index (χ0) is 4.12. The number of rotatable bonds is 2. The second-order valence-electron chi connectivity index (χ2n) is 0.516. The van der Waals surface area contributed by atoms with Crippen molar-refractivity contribution in [2.75, 3.05) is 6.67 Å². The molecule has 30 valence electrons. The summed E-state index contributed by atoms with van der Waals surface area (Å²) in [6, 6.07) is 0. The van der Waals surface area contributed by atoms with Crippen molar-refractivity contribution in [1.29, 1.82) is 0 Å². The van der Waals surface area contributed by atoms with Gasteiger partial charge in [0.05, 0.1) is 6.67 Å². The fourth-order valence-corrected chi connectivity index (χ4v) is 0.0337. The molecule has 5 heavy (non-hydrogen) atoms. The smallest absolute Gasteiger partial charge is 0.137 e. The van der Waals surface area contributed by atoms with Crippen LogP contribution in [-0.2, 0) is 0 Å². The van der Waals surface area contributed by atoms with Crippen molar-refractivity contribution >= 4 is 0 Å². The van der Waals surface area contributed by atoms with E-state index >= 15 is 0 Å². The van der Waals surface area contributed by atoms with Crippen LogP contribution in [0, 0.1) is 13.1 Å². The molecule has 0 heterocycles. The molecule has 0 N–H and O–H groups in total. The van der Waals surface area contributed by atoms with Crippen LogP contribution in [0.4, 0.5) is 8.78 Å². The monoisotopic (exact) mass is 78.0 g/mol. The summed E-state index contributed by atoms with van der Waals surface area (Å²) in [7, 11) is 0. The van der Waals surface area contributed by atoms with Gasteiger partial charge in [0.25, 0.3) is 0 Å². The topological polar surface area (TPSA) is 0 Å². The zero-order valence-electron chi connectivity index (χ0n) is 2.62.